The SMILES string of the molecule is [2H]C1([2H])CCN(c2cccc(C(=O)Nc3ccncc3)n2)CCN1C1CCN([C@@H](C)C(F)(F)F)CC1. The fourth-order valence-corrected chi connectivity index (χ4v) is 4.44. The van der Waals surface area contributed by atoms with Crippen molar-refractivity contribution in [2.45, 2.75) is 44.4 Å². The summed E-state index contributed by atoms with van der Waals surface area (Å²) in [5.41, 5.74) is 0.857. The maximum absolute atomic E-state index is 13.1. The van der Waals surface area contributed by atoms with Gasteiger partial charge in [-0.25, -0.2) is 4.98 Å². The number of halogens is 3. The number of aromatic nitrogens is 2. The van der Waals surface area contributed by atoms with Crippen LogP contribution < -0.4 is 10.2 Å². The van der Waals surface area contributed by atoms with Crippen molar-refractivity contribution in [1.82, 2.24) is 19.8 Å². The fourth-order valence-electron chi connectivity index (χ4n) is 4.44. The highest BCUT2D eigenvalue weighted by Crippen LogP contribution is 2.28. The largest absolute Gasteiger partial charge is 0.403 e. The maximum Gasteiger partial charge on any atom is 0.403 e. The summed E-state index contributed by atoms with van der Waals surface area (Å²) in [5, 5.41) is 2.78. The summed E-state index contributed by atoms with van der Waals surface area (Å²) in [5.74, 6) is 0.235. The van der Waals surface area contributed by atoms with Crippen molar-refractivity contribution >= 4 is 17.4 Å². The number of piperidine rings is 1. The third-order valence-corrected chi connectivity index (χ3v) is 6.50. The lowest BCUT2D eigenvalue weighted by Gasteiger charge is -2.40. The monoisotopic (exact) mass is 478 g/mol. The summed E-state index contributed by atoms with van der Waals surface area (Å²) in [4.78, 5) is 26.3. The molecule has 0 aromatic carbocycles. The van der Waals surface area contributed by atoms with Crippen LogP contribution in [-0.4, -0.2) is 83.2 Å². The highest BCUT2D eigenvalue weighted by atomic mass is 19.4. The van der Waals surface area contributed by atoms with Crippen molar-refractivity contribution < 1.29 is 20.7 Å². The fraction of sp³-hybridized carbons (Fsp3) is 0.542. The first-order valence-electron chi connectivity index (χ1n) is 12.6. The molecule has 0 radical (unpaired) electrons. The lowest BCUT2D eigenvalue weighted by molar-refractivity contribution is -0.182. The van der Waals surface area contributed by atoms with E-state index in [1.165, 1.54) is 11.8 Å². The van der Waals surface area contributed by atoms with E-state index >= 15 is 0 Å². The van der Waals surface area contributed by atoms with Crippen LogP contribution >= 0.6 is 0 Å². The number of carbonyl (C=O) groups is 1. The van der Waals surface area contributed by atoms with Gasteiger partial charge in [0.1, 0.15) is 17.6 Å². The zero-order chi connectivity index (χ0) is 25.9. The number of carbonyl (C=O) groups excluding carboxylic acids is 1. The Morgan fingerprint density at radius 2 is 1.85 bits per heavy atom. The number of hydrogen-bond donors (Lipinski definition) is 1. The predicted octanol–water partition coefficient (Wildman–Crippen LogP) is 3.66. The number of rotatable bonds is 5. The van der Waals surface area contributed by atoms with Crippen LogP contribution in [0.5, 0.6) is 0 Å². The van der Waals surface area contributed by atoms with E-state index in [1.807, 2.05) is 9.80 Å². The van der Waals surface area contributed by atoms with Crippen LogP contribution in [0, 0.1) is 0 Å². The molecule has 4 rings (SSSR count). The molecule has 10 heteroatoms. The lowest BCUT2D eigenvalue weighted by Crippen LogP contribution is -2.51. The van der Waals surface area contributed by atoms with Crippen molar-refractivity contribution in [2.75, 3.05) is 49.4 Å². The van der Waals surface area contributed by atoms with Crippen LogP contribution in [-0.2, 0) is 0 Å². The average Bonchev–Trinajstić information content (AvgIpc) is 3.01. The number of likely N-dealkylation sites (tertiary alicyclic amines) is 1. The summed E-state index contributed by atoms with van der Waals surface area (Å²) in [6.07, 6.45) is 0.0998. The average molecular weight is 479 g/mol. The van der Waals surface area contributed by atoms with Crippen LogP contribution in [0.2, 0.25) is 0 Å². The molecule has 1 amide bonds. The van der Waals surface area contributed by atoms with Crippen molar-refractivity contribution in [3.8, 4) is 0 Å². The third-order valence-electron chi connectivity index (χ3n) is 6.50. The normalized spacial score (nSPS) is 22.4. The van der Waals surface area contributed by atoms with Gasteiger partial charge in [-0.15, -0.1) is 0 Å². The molecule has 0 spiro atoms. The van der Waals surface area contributed by atoms with Gasteiger partial charge < -0.3 is 10.2 Å². The second-order valence-corrected chi connectivity index (χ2v) is 8.64. The number of amides is 1. The van der Waals surface area contributed by atoms with Crippen molar-refractivity contribution in [1.29, 1.82) is 0 Å². The molecule has 2 aliphatic heterocycles. The van der Waals surface area contributed by atoms with Crippen LogP contribution in [0.1, 0.15) is 39.4 Å². The Morgan fingerprint density at radius 3 is 2.56 bits per heavy atom. The van der Waals surface area contributed by atoms with E-state index in [2.05, 4.69) is 15.3 Å². The molecule has 34 heavy (non-hydrogen) atoms. The summed E-state index contributed by atoms with van der Waals surface area (Å²) < 4.78 is 56.6. The summed E-state index contributed by atoms with van der Waals surface area (Å²) in [7, 11) is 0. The van der Waals surface area contributed by atoms with Crippen molar-refractivity contribution in [3.05, 3.63) is 48.4 Å². The second kappa shape index (κ2) is 10.7. The molecule has 0 saturated carbocycles. The molecule has 2 aliphatic rings. The van der Waals surface area contributed by atoms with Gasteiger partial charge in [0.2, 0.25) is 0 Å². The standard InChI is InChI=1S/C24H31F3N6O/c1-18(24(25,26)27)31-14-8-20(9-15-31)32-12-3-13-33(17-16-32)22-5-2-4-21(30-22)23(34)29-19-6-10-28-11-7-19/h2,4-7,10-11,18,20H,3,8-9,12-17H2,1H3,(H,28,29,34)/t18-/m0/s1/i12D2. The van der Waals surface area contributed by atoms with Gasteiger partial charge in [-0.2, -0.15) is 13.2 Å². The second-order valence-electron chi connectivity index (χ2n) is 8.64. The molecule has 4 heterocycles. The molecular weight excluding hydrogens is 445 g/mol. The summed E-state index contributed by atoms with van der Waals surface area (Å²) >= 11 is 0. The highest BCUT2D eigenvalue weighted by Gasteiger charge is 2.41. The lowest BCUT2D eigenvalue weighted by atomic mass is 10.0. The molecule has 2 aromatic rings. The predicted molar refractivity (Wildman–Crippen MR) is 125 cm³/mol. The van der Waals surface area contributed by atoms with E-state index < -0.39 is 18.7 Å². The minimum absolute atomic E-state index is 0.123. The van der Waals surface area contributed by atoms with E-state index in [1.54, 1.807) is 42.7 Å². The van der Waals surface area contributed by atoms with Crippen molar-refractivity contribution in [3.63, 3.8) is 0 Å². The third kappa shape index (κ3) is 6.04. The topological polar surface area (TPSA) is 64.6 Å². The Hall–Kier alpha value is -2.72. The van der Waals surface area contributed by atoms with Gasteiger partial charge in [0.05, 0.1) is 0 Å². The number of alkyl halides is 3. The molecule has 0 unspecified atom stereocenters. The maximum atomic E-state index is 13.1. The van der Waals surface area contributed by atoms with E-state index in [0.717, 1.165) is 0 Å². The molecule has 2 aromatic heterocycles. The molecule has 0 aliphatic carbocycles. The molecular formula is C24H31F3N6O. The molecule has 2 saturated heterocycles. The van der Waals surface area contributed by atoms with Crippen LogP contribution in [0.3, 0.4) is 0 Å². The smallest absolute Gasteiger partial charge is 0.355 e. The van der Waals surface area contributed by atoms with Gasteiger partial charge in [0.25, 0.3) is 5.91 Å². The van der Waals surface area contributed by atoms with Crippen LogP contribution in [0.4, 0.5) is 24.7 Å². The van der Waals surface area contributed by atoms with Gasteiger partial charge >= 0.3 is 6.18 Å². The molecule has 0 bridgehead atoms. The van der Waals surface area contributed by atoms with Gasteiger partial charge in [0, 0.05) is 66.1 Å². The first-order valence-corrected chi connectivity index (χ1v) is 11.6. The Labute approximate surface area is 200 Å². The minimum atomic E-state index is -4.26. The quantitative estimate of drug-likeness (QED) is 0.708. The van der Waals surface area contributed by atoms with Gasteiger partial charge in [-0.05, 0) is 50.5 Å². The molecule has 184 valence electrons. The Bertz CT molecular complexity index is 1030. The van der Waals surface area contributed by atoms with E-state index in [4.69, 9.17) is 2.74 Å². The van der Waals surface area contributed by atoms with E-state index in [0.29, 0.717) is 44.0 Å². The van der Waals surface area contributed by atoms with Gasteiger partial charge in [-0.1, -0.05) is 6.07 Å². The zero-order valence-corrected chi connectivity index (χ0v) is 19.1. The van der Waals surface area contributed by atoms with Crippen LogP contribution in [0.15, 0.2) is 42.7 Å². The molecule has 1 N–H and O–H groups in total. The summed E-state index contributed by atoms with van der Waals surface area (Å²) in [6.45, 7) is 1.50. The number of pyridine rings is 2. The van der Waals surface area contributed by atoms with Crippen molar-refractivity contribution in [2.24, 2.45) is 0 Å². The first-order chi connectivity index (χ1) is 17.0. The Morgan fingerprint density at radius 1 is 1.12 bits per heavy atom. The van der Waals surface area contributed by atoms with E-state index in [-0.39, 0.29) is 37.2 Å². The van der Waals surface area contributed by atoms with E-state index in [9.17, 15) is 18.0 Å². The number of nitrogens with zero attached hydrogens (tertiary/aromatic N) is 5. The Kier molecular flexibility index (Phi) is 6.85. The molecule has 1 atom stereocenters. The number of anilines is 2. The first kappa shape index (κ1) is 21.8. The molecule has 2 fully saturated rings. The number of nitrogens with one attached hydrogen (secondary N) is 1. The van der Waals surface area contributed by atoms with Gasteiger partial charge in [0.15, 0.2) is 0 Å². The zero-order valence-electron chi connectivity index (χ0n) is 21.1. The van der Waals surface area contributed by atoms with Crippen LogP contribution in [0.25, 0.3) is 0 Å². The molecule has 7 nitrogen and oxygen atoms in total. The Balaban J connectivity index is 1.40. The number of hydrogen-bond acceptors (Lipinski definition) is 6. The highest BCUT2D eigenvalue weighted by molar-refractivity contribution is 6.03. The minimum Gasteiger partial charge on any atom is -0.355 e. The summed E-state index contributed by atoms with van der Waals surface area (Å²) in [6, 6.07) is 6.91. The van der Waals surface area contributed by atoms with Gasteiger partial charge in [-0.3, -0.25) is 19.6 Å².